The number of ketones is 1. The van der Waals surface area contributed by atoms with E-state index in [-0.39, 0.29) is 34.7 Å². The van der Waals surface area contributed by atoms with Crippen LogP contribution >= 0.6 is 0 Å². The van der Waals surface area contributed by atoms with Crippen LogP contribution in [0.25, 0.3) is 10.9 Å². The highest BCUT2D eigenvalue weighted by atomic mass is 32.2. The van der Waals surface area contributed by atoms with E-state index in [1.165, 1.54) is 0 Å². The zero-order chi connectivity index (χ0) is 21.2. The summed E-state index contributed by atoms with van der Waals surface area (Å²) in [6.45, 7) is 8.24. The van der Waals surface area contributed by atoms with Gasteiger partial charge in [-0.15, -0.1) is 0 Å². The van der Waals surface area contributed by atoms with Crippen molar-refractivity contribution < 1.29 is 18.0 Å². The van der Waals surface area contributed by atoms with E-state index in [9.17, 15) is 18.0 Å². The van der Waals surface area contributed by atoms with Crippen LogP contribution in [0.3, 0.4) is 0 Å². The summed E-state index contributed by atoms with van der Waals surface area (Å²) in [5, 5.41) is 3.88. The Morgan fingerprint density at radius 1 is 1.10 bits per heavy atom. The third kappa shape index (κ3) is 3.50. The van der Waals surface area contributed by atoms with Gasteiger partial charge in [0.2, 0.25) is 0 Å². The lowest BCUT2D eigenvalue weighted by Crippen LogP contribution is -2.40. The molecule has 1 amide bonds. The second-order valence-electron chi connectivity index (χ2n) is 9.81. The lowest BCUT2D eigenvalue weighted by Gasteiger charge is -2.39. The minimum atomic E-state index is -2.96. The number of carbonyl (C=O) groups is 2. The van der Waals surface area contributed by atoms with Gasteiger partial charge in [-0.3, -0.25) is 9.59 Å². The summed E-state index contributed by atoms with van der Waals surface area (Å²) in [5.41, 5.74) is 2.39. The van der Waals surface area contributed by atoms with Crippen LogP contribution in [0.1, 0.15) is 73.4 Å². The van der Waals surface area contributed by atoms with Crippen LogP contribution in [-0.2, 0) is 15.3 Å². The van der Waals surface area contributed by atoms with Gasteiger partial charge in [0.15, 0.2) is 5.78 Å². The molecule has 2 N–H and O–H groups in total. The number of nitrogens with one attached hydrogen (secondary N) is 2. The third-order valence-corrected chi connectivity index (χ3v) is 8.07. The maximum absolute atomic E-state index is 13.0. The predicted octanol–water partition coefficient (Wildman–Crippen LogP) is 3.37. The fourth-order valence-electron chi connectivity index (χ4n) is 5.12. The summed E-state index contributed by atoms with van der Waals surface area (Å²) >= 11 is 0. The minimum Gasteiger partial charge on any atom is -0.352 e. The zero-order valence-corrected chi connectivity index (χ0v) is 18.2. The van der Waals surface area contributed by atoms with Crippen LogP contribution in [0.5, 0.6) is 0 Å². The van der Waals surface area contributed by atoms with Crippen LogP contribution in [0.2, 0.25) is 0 Å². The second kappa shape index (κ2) is 6.42. The molecule has 0 spiro atoms. The van der Waals surface area contributed by atoms with E-state index >= 15 is 0 Å². The molecule has 1 saturated heterocycles. The number of carbonyl (C=O) groups excluding carboxylic acids is 2. The number of aromatic amines is 1. The van der Waals surface area contributed by atoms with Gasteiger partial charge in [-0.05, 0) is 48.4 Å². The molecule has 4 rings (SSSR count). The number of hydrogen-bond donors (Lipinski definition) is 2. The van der Waals surface area contributed by atoms with Crippen LogP contribution in [0.15, 0.2) is 18.2 Å². The number of rotatable bonds is 2. The van der Waals surface area contributed by atoms with Crippen LogP contribution < -0.4 is 5.32 Å². The van der Waals surface area contributed by atoms with E-state index in [0.29, 0.717) is 24.1 Å². The topological polar surface area (TPSA) is 96.1 Å². The molecule has 0 atom stereocenters. The maximum Gasteiger partial charge on any atom is 0.251 e. The molecule has 2 aliphatic rings. The first kappa shape index (κ1) is 20.1. The molecule has 1 aromatic heterocycles. The molecule has 0 bridgehead atoms. The van der Waals surface area contributed by atoms with Gasteiger partial charge in [0.25, 0.3) is 5.91 Å². The van der Waals surface area contributed by atoms with Crippen molar-refractivity contribution in [3.05, 3.63) is 35.0 Å². The Kier molecular flexibility index (Phi) is 4.46. The first-order valence-corrected chi connectivity index (χ1v) is 11.9. The van der Waals surface area contributed by atoms with Crippen molar-refractivity contribution in [2.75, 3.05) is 11.5 Å². The molecule has 6 nitrogen and oxygen atoms in total. The molecule has 156 valence electrons. The smallest absolute Gasteiger partial charge is 0.251 e. The quantitative estimate of drug-likeness (QED) is 0.784. The number of sulfone groups is 1. The fraction of sp³-hybridized carbons (Fsp3) is 0.545. The van der Waals surface area contributed by atoms with Gasteiger partial charge in [-0.2, -0.15) is 0 Å². The molecular weight excluding hydrogens is 388 g/mol. The Labute approximate surface area is 171 Å². The van der Waals surface area contributed by atoms with Gasteiger partial charge in [-0.1, -0.05) is 27.7 Å². The van der Waals surface area contributed by atoms with Crippen molar-refractivity contribution in [1.82, 2.24) is 10.3 Å². The Morgan fingerprint density at radius 2 is 1.76 bits per heavy atom. The third-order valence-electron chi connectivity index (χ3n) is 6.35. The van der Waals surface area contributed by atoms with Crippen molar-refractivity contribution in [2.24, 2.45) is 5.41 Å². The molecular formula is C22H28N2O4S. The van der Waals surface area contributed by atoms with Crippen LogP contribution in [-0.4, -0.2) is 42.6 Å². The highest BCUT2D eigenvalue weighted by Crippen LogP contribution is 2.48. The number of fused-ring (bicyclic) bond motifs is 3. The number of amides is 1. The average Bonchev–Trinajstić information content (AvgIpc) is 3.00. The van der Waals surface area contributed by atoms with E-state index in [1.807, 2.05) is 26.0 Å². The monoisotopic (exact) mass is 416 g/mol. The van der Waals surface area contributed by atoms with Crippen molar-refractivity contribution in [2.45, 2.75) is 58.4 Å². The van der Waals surface area contributed by atoms with Gasteiger partial charge in [0.05, 0.1) is 17.2 Å². The largest absolute Gasteiger partial charge is 0.352 e. The molecule has 0 saturated carbocycles. The molecule has 0 unspecified atom stereocenters. The second-order valence-corrected chi connectivity index (χ2v) is 12.1. The number of Topliss-reactive ketones (excluding diaryl/α,β-unsaturated/α-hetero) is 1. The number of benzene rings is 1. The first-order chi connectivity index (χ1) is 13.4. The summed E-state index contributed by atoms with van der Waals surface area (Å²) in [4.78, 5) is 29.1. The number of hydrogen-bond acceptors (Lipinski definition) is 4. The highest BCUT2D eigenvalue weighted by Gasteiger charge is 2.45. The van der Waals surface area contributed by atoms with E-state index in [2.05, 4.69) is 24.1 Å². The molecule has 7 heteroatoms. The Balaban J connectivity index is 1.67. The number of aromatic nitrogens is 1. The lowest BCUT2D eigenvalue weighted by molar-refractivity contribution is 0.0759. The molecule has 29 heavy (non-hydrogen) atoms. The van der Waals surface area contributed by atoms with Crippen LogP contribution in [0.4, 0.5) is 0 Å². The molecule has 2 heterocycles. The summed E-state index contributed by atoms with van der Waals surface area (Å²) in [6, 6.07) is 5.33. The average molecular weight is 417 g/mol. The Morgan fingerprint density at radius 3 is 2.41 bits per heavy atom. The van der Waals surface area contributed by atoms with Crippen molar-refractivity contribution >= 4 is 32.4 Å². The van der Waals surface area contributed by atoms with Gasteiger partial charge in [-0.25, -0.2) is 8.42 Å². The standard InChI is InChI=1S/C22H28N2O4S/c1-21(2)12-22(3,4)19(25)18-17(21)15-11-13(5-6-16(15)24-18)20(26)23-14-7-9-29(27,28)10-8-14/h5-6,11,14,24H,7-10,12H2,1-4H3,(H,23,26). The number of H-pyrrole nitrogens is 1. The first-order valence-electron chi connectivity index (χ1n) is 10.1. The van der Waals surface area contributed by atoms with Crippen LogP contribution in [0, 0.1) is 5.41 Å². The Bertz CT molecular complexity index is 1110. The molecule has 1 aromatic carbocycles. The molecule has 2 aromatic rings. The van der Waals surface area contributed by atoms with E-state index in [1.54, 1.807) is 6.07 Å². The summed E-state index contributed by atoms with van der Waals surface area (Å²) in [5.74, 6) is 0.145. The van der Waals surface area contributed by atoms with E-state index in [0.717, 1.165) is 22.9 Å². The lowest BCUT2D eigenvalue weighted by atomic mass is 9.63. The van der Waals surface area contributed by atoms with Crippen molar-refractivity contribution in [3.63, 3.8) is 0 Å². The normalized spacial score (nSPS) is 23.0. The van der Waals surface area contributed by atoms with Gasteiger partial charge in [0, 0.05) is 27.9 Å². The SMILES string of the molecule is CC1(C)CC(C)(C)c2c([nH]c3ccc(C(=O)NC4CCS(=O)(=O)CC4)cc23)C1=O. The van der Waals surface area contributed by atoms with Gasteiger partial charge >= 0.3 is 0 Å². The van der Waals surface area contributed by atoms with E-state index < -0.39 is 15.3 Å². The molecule has 1 aliphatic heterocycles. The highest BCUT2D eigenvalue weighted by molar-refractivity contribution is 7.91. The van der Waals surface area contributed by atoms with Crippen molar-refractivity contribution in [1.29, 1.82) is 0 Å². The maximum atomic E-state index is 13.0. The summed E-state index contributed by atoms with van der Waals surface area (Å²) in [6.07, 6.45) is 1.64. The summed E-state index contributed by atoms with van der Waals surface area (Å²) < 4.78 is 23.2. The van der Waals surface area contributed by atoms with Gasteiger partial charge in [0.1, 0.15) is 9.84 Å². The predicted molar refractivity (Wildman–Crippen MR) is 113 cm³/mol. The van der Waals surface area contributed by atoms with Crippen molar-refractivity contribution in [3.8, 4) is 0 Å². The molecule has 1 aliphatic carbocycles. The molecule has 1 fully saturated rings. The Hall–Kier alpha value is -2.15. The zero-order valence-electron chi connectivity index (χ0n) is 17.4. The fourth-order valence-corrected chi connectivity index (χ4v) is 6.61. The summed E-state index contributed by atoms with van der Waals surface area (Å²) in [7, 11) is -2.96. The minimum absolute atomic E-state index is 0.109. The molecule has 0 radical (unpaired) electrons. The van der Waals surface area contributed by atoms with E-state index in [4.69, 9.17) is 0 Å². The van der Waals surface area contributed by atoms with Gasteiger partial charge < -0.3 is 10.3 Å².